The van der Waals surface area contributed by atoms with Gasteiger partial charge in [-0.1, -0.05) is 23.5 Å². The van der Waals surface area contributed by atoms with Crippen LogP contribution in [0.4, 0.5) is 5.13 Å². The van der Waals surface area contributed by atoms with Crippen molar-refractivity contribution in [2.75, 3.05) is 11.4 Å². The zero-order valence-corrected chi connectivity index (χ0v) is 16.4. The summed E-state index contributed by atoms with van der Waals surface area (Å²) in [6.45, 7) is 2.24. The Morgan fingerprint density at radius 3 is 2.64 bits per heavy atom. The first-order valence-corrected chi connectivity index (χ1v) is 9.50. The Balaban J connectivity index is 1.73. The number of carbonyl (C=O) groups is 1. The maximum atomic E-state index is 13.0. The summed E-state index contributed by atoms with van der Waals surface area (Å²) in [6.07, 6.45) is 1.41. The number of benzene rings is 1. The number of nitrogens with zero attached hydrogens (tertiary/aromatic N) is 6. The quantitative estimate of drug-likeness (QED) is 0.513. The third-order valence-corrected chi connectivity index (χ3v) is 5.71. The van der Waals surface area contributed by atoms with E-state index in [9.17, 15) is 14.4 Å². The van der Waals surface area contributed by atoms with E-state index in [0.29, 0.717) is 11.7 Å². The summed E-state index contributed by atoms with van der Waals surface area (Å²) in [5.41, 5.74) is 0.373. The molecule has 0 atom stereocenters. The molecular formula is C18H18N6O3S. The average Bonchev–Trinajstić information content (AvgIpc) is 3.29. The van der Waals surface area contributed by atoms with Gasteiger partial charge in [-0.25, -0.2) is 14.8 Å². The number of carbonyl (C=O) groups excluding carboxylic acids is 1. The molecule has 0 bridgehead atoms. The lowest BCUT2D eigenvalue weighted by Crippen LogP contribution is -2.38. The van der Waals surface area contributed by atoms with E-state index in [1.807, 2.05) is 31.2 Å². The lowest BCUT2D eigenvalue weighted by atomic mass is 10.3. The lowest BCUT2D eigenvalue weighted by Gasteiger charge is -2.18. The van der Waals surface area contributed by atoms with Gasteiger partial charge in [-0.2, -0.15) is 0 Å². The maximum absolute atomic E-state index is 13.0. The number of hydrogen-bond acceptors (Lipinski definition) is 6. The Kier molecular flexibility index (Phi) is 4.34. The first-order valence-electron chi connectivity index (χ1n) is 8.69. The zero-order chi connectivity index (χ0) is 20.0. The number of para-hydroxylation sites is 1. The van der Waals surface area contributed by atoms with Gasteiger partial charge in [0.05, 0.1) is 16.5 Å². The average molecular weight is 398 g/mol. The van der Waals surface area contributed by atoms with E-state index >= 15 is 0 Å². The predicted molar refractivity (Wildman–Crippen MR) is 108 cm³/mol. The lowest BCUT2D eigenvalue weighted by molar-refractivity contribution is -0.119. The predicted octanol–water partition coefficient (Wildman–Crippen LogP) is 1.10. The fraction of sp³-hybridized carbons (Fsp3) is 0.278. The molecule has 9 nitrogen and oxygen atoms in total. The third kappa shape index (κ3) is 2.73. The van der Waals surface area contributed by atoms with Gasteiger partial charge in [0, 0.05) is 20.6 Å². The standard InChI is InChI=1S/C18H18N6O3S/c1-4-24(17-20-11-7-5-6-8-12(11)28-17)13(25)9-23-10-19-15-14(23)16(26)22(3)18(27)21(15)2/h5-8,10H,4,9H2,1-3H3. The molecule has 10 heteroatoms. The van der Waals surface area contributed by atoms with Crippen LogP contribution in [0, 0.1) is 0 Å². The molecule has 0 fully saturated rings. The molecule has 0 aliphatic heterocycles. The number of imidazole rings is 1. The number of thiazole rings is 1. The number of anilines is 1. The normalized spacial score (nSPS) is 11.4. The molecule has 4 aromatic rings. The summed E-state index contributed by atoms with van der Waals surface area (Å²) < 4.78 is 4.79. The van der Waals surface area contributed by atoms with E-state index in [-0.39, 0.29) is 23.6 Å². The van der Waals surface area contributed by atoms with Crippen LogP contribution in [0.5, 0.6) is 0 Å². The number of aryl methyl sites for hydroxylation is 1. The number of rotatable bonds is 4. The Morgan fingerprint density at radius 1 is 1.18 bits per heavy atom. The molecule has 3 heterocycles. The summed E-state index contributed by atoms with van der Waals surface area (Å²) in [7, 11) is 2.95. The Morgan fingerprint density at radius 2 is 1.93 bits per heavy atom. The largest absolute Gasteiger partial charge is 0.332 e. The summed E-state index contributed by atoms with van der Waals surface area (Å²) >= 11 is 1.44. The Hall–Kier alpha value is -3.27. The highest BCUT2D eigenvalue weighted by atomic mass is 32.1. The van der Waals surface area contributed by atoms with Crippen LogP contribution in [0.2, 0.25) is 0 Å². The fourth-order valence-corrected chi connectivity index (χ4v) is 4.19. The van der Waals surface area contributed by atoms with Crippen LogP contribution in [0.15, 0.2) is 40.2 Å². The van der Waals surface area contributed by atoms with E-state index in [4.69, 9.17) is 0 Å². The first-order chi connectivity index (χ1) is 13.4. The molecule has 4 rings (SSSR count). The van der Waals surface area contributed by atoms with Crippen LogP contribution < -0.4 is 16.1 Å². The number of likely N-dealkylation sites (N-methyl/N-ethyl adjacent to an activating group) is 1. The molecule has 144 valence electrons. The molecule has 0 radical (unpaired) electrons. The van der Waals surface area contributed by atoms with Crippen molar-refractivity contribution in [1.29, 1.82) is 0 Å². The van der Waals surface area contributed by atoms with Gasteiger partial charge in [0.15, 0.2) is 16.3 Å². The van der Waals surface area contributed by atoms with Gasteiger partial charge in [0.25, 0.3) is 5.56 Å². The fourth-order valence-electron chi connectivity index (χ4n) is 3.14. The molecular weight excluding hydrogens is 380 g/mol. The van der Waals surface area contributed by atoms with Gasteiger partial charge in [-0.3, -0.25) is 23.6 Å². The molecule has 1 aromatic carbocycles. The SMILES string of the molecule is CCN(C(=O)Cn1cnc2c1c(=O)n(C)c(=O)n2C)c1nc2ccccc2s1. The second-order valence-corrected chi connectivity index (χ2v) is 7.36. The molecule has 0 spiro atoms. The molecule has 3 aromatic heterocycles. The van der Waals surface area contributed by atoms with E-state index in [1.165, 1.54) is 33.8 Å². The smallest absolute Gasteiger partial charge is 0.315 e. The molecule has 0 aliphatic rings. The highest BCUT2D eigenvalue weighted by Crippen LogP contribution is 2.28. The Bertz CT molecular complexity index is 1300. The highest BCUT2D eigenvalue weighted by Gasteiger charge is 2.21. The van der Waals surface area contributed by atoms with E-state index in [2.05, 4.69) is 9.97 Å². The summed E-state index contributed by atoms with van der Waals surface area (Å²) in [4.78, 5) is 47.9. The Labute approximate surface area is 163 Å². The van der Waals surface area contributed by atoms with E-state index in [1.54, 1.807) is 11.9 Å². The third-order valence-electron chi connectivity index (χ3n) is 4.65. The van der Waals surface area contributed by atoms with Gasteiger partial charge in [-0.05, 0) is 19.1 Å². The van der Waals surface area contributed by atoms with Gasteiger partial charge >= 0.3 is 5.69 Å². The van der Waals surface area contributed by atoms with Gasteiger partial charge in [0.2, 0.25) is 5.91 Å². The van der Waals surface area contributed by atoms with Crippen molar-refractivity contribution in [3.8, 4) is 0 Å². The minimum atomic E-state index is -0.480. The van der Waals surface area contributed by atoms with Crippen molar-refractivity contribution < 1.29 is 4.79 Å². The van der Waals surface area contributed by atoms with Crippen LogP contribution in [-0.4, -0.2) is 36.1 Å². The molecule has 28 heavy (non-hydrogen) atoms. The van der Waals surface area contributed by atoms with Crippen molar-refractivity contribution >= 4 is 43.8 Å². The minimum absolute atomic E-state index is 0.0757. The minimum Gasteiger partial charge on any atom is -0.315 e. The van der Waals surface area contributed by atoms with Gasteiger partial charge in [-0.15, -0.1) is 0 Å². The molecule has 0 saturated heterocycles. The number of amides is 1. The van der Waals surface area contributed by atoms with Crippen LogP contribution in [-0.2, 0) is 25.4 Å². The van der Waals surface area contributed by atoms with Crippen LogP contribution in [0.3, 0.4) is 0 Å². The van der Waals surface area contributed by atoms with Crippen molar-refractivity contribution in [3.63, 3.8) is 0 Å². The van der Waals surface area contributed by atoms with Gasteiger partial charge in [0.1, 0.15) is 6.54 Å². The summed E-state index contributed by atoms with van der Waals surface area (Å²) in [6, 6.07) is 7.70. The molecule has 0 aliphatic carbocycles. The summed E-state index contributed by atoms with van der Waals surface area (Å²) in [5.74, 6) is -0.211. The molecule has 0 N–H and O–H groups in total. The van der Waals surface area contributed by atoms with Crippen molar-refractivity contribution in [2.24, 2.45) is 14.1 Å². The van der Waals surface area contributed by atoms with Crippen LogP contribution in [0.25, 0.3) is 21.4 Å². The van der Waals surface area contributed by atoms with E-state index in [0.717, 1.165) is 14.8 Å². The summed E-state index contributed by atoms with van der Waals surface area (Å²) in [5, 5.41) is 0.610. The van der Waals surface area contributed by atoms with Crippen LogP contribution in [0.1, 0.15) is 6.92 Å². The number of hydrogen-bond donors (Lipinski definition) is 0. The second-order valence-electron chi connectivity index (χ2n) is 6.35. The van der Waals surface area contributed by atoms with Crippen molar-refractivity contribution in [3.05, 3.63) is 51.4 Å². The molecule has 0 saturated carbocycles. The molecule has 0 unspecified atom stereocenters. The topological polar surface area (TPSA) is 95.0 Å². The highest BCUT2D eigenvalue weighted by molar-refractivity contribution is 7.22. The van der Waals surface area contributed by atoms with Crippen molar-refractivity contribution in [1.82, 2.24) is 23.7 Å². The second kappa shape index (κ2) is 6.71. The monoisotopic (exact) mass is 398 g/mol. The van der Waals surface area contributed by atoms with Crippen LogP contribution >= 0.6 is 11.3 Å². The van der Waals surface area contributed by atoms with E-state index < -0.39 is 11.2 Å². The molecule has 1 amide bonds. The number of aromatic nitrogens is 5. The van der Waals surface area contributed by atoms with Gasteiger partial charge < -0.3 is 4.57 Å². The van der Waals surface area contributed by atoms with Crippen molar-refractivity contribution in [2.45, 2.75) is 13.5 Å². The number of fused-ring (bicyclic) bond motifs is 2. The zero-order valence-electron chi connectivity index (χ0n) is 15.6. The first kappa shape index (κ1) is 18.1. The maximum Gasteiger partial charge on any atom is 0.332 e.